The lowest BCUT2D eigenvalue weighted by molar-refractivity contribution is -0.123. The number of carbonyl (C=O) groups excluding carboxylic acids is 2. The normalized spacial score (nSPS) is 16.1. The van der Waals surface area contributed by atoms with Crippen molar-refractivity contribution in [3.05, 3.63) is 28.8 Å². The first kappa shape index (κ1) is 20.7. The molecule has 0 spiro atoms. The summed E-state index contributed by atoms with van der Waals surface area (Å²) in [5.74, 6) is -0.930. The van der Waals surface area contributed by atoms with Gasteiger partial charge >= 0.3 is 0 Å². The van der Waals surface area contributed by atoms with Crippen LogP contribution in [0.5, 0.6) is 0 Å². The molecule has 0 atom stereocenters. The Labute approximate surface area is 159 Å². The molecule has 1 aromatic carbocycles. The van der Waals surface area contributed by atoms with E-state index in [0.717, 1.165) is 0 Å². The molecule has 0 bridgehead atoms. The number of rotatable bonds is 6. The summed E-state index contributed by atoms with van der Waals surface area (Å²) in [5, 5.41) is 0.200. The number of likely N-dealkylation sites (tertiary alicyclic amines) is 1. The van der Waals surface area contributed by atoms with Crippen molar-refractivity contribution in [2.45, 2.75) is 31.6 Å². The second-order valence-electron chi connectivity index (χ2n) is 6.20. The molecule has 144 valence electrons. The summed E-state index contributed by atoms with van der Waals surface area (Å²) in [6, 6.07) is 4.17. The standard InChI is InChI=1S/C17H24ClN3O4S/c1-3-21(4-2)26(24,25)13-5-6-15(18)14(11-13)17(23)20-9-7-12(8-10-20)16(19)22/h5-6,11-12H,3-4,7-10H2,1-2H3,(H2,19,22). The quantitative estimate of drug-likeness (QED) is 0.783. The van der Waals surface area contributed by atoms with Crippen molar-refractivity contribution in [2.24, 2.45) is 11.7 Å². The van der Waals surface area contributed by atoms with E-state index in [9.17, 15) is 18.0 Å². The van der Waals surface area contributed by atoms with E-state index in [2.05, 4.69) is 0 Å². The van der Waals surface area contributed by atoms with E-state index in [0.29, 0.717) is 39.0 Å². The smallest absolute Gasteiger partial charge is 0.255 e. The van der Waals surface area contributed by atoms with Gasteiger partial charge in [0.15, 0.2) is 0 Å². The van der Waals surface area contributed by atoms with Gasteiger partial charge in [0, 0.05) is 32.1 Å². The Hall–Kier alpha value is -1.64. The number of benzene rings is 1. The highest BCUT2D eigenvalue weighted by atomic mass is 35.5. The fraction of sp³-hybridized carbons (Fsp3) is 0.529. The topological polar surface area (TPSA) is 101 Å². The van der Waals surface area contributed by atoms with E-state index in [4.69, 9.17) is 17.3 Å². The van der Waals surface area contributed by atoms with Crippen LogP contribution in [0.4, 0.5) is 0 Å². The van der Waals surface area contributed by atoms with Gasteiger partial charge in [0.05, 0.1) is 15.5 Å². The Bertz CT molecular complexity index is 785. The molecule has 0 unspecified atom stereocenters. The lowest BCUT2D eigenvalue weighted by atomic mass is 9.96. The average molecular weight is 402 g/mol. The van der Waals surface area contributed by atoms with Gasteiger partial charge in [-0.25, -0.2) is 8.42 Å². The Balaban J connectivity index is 2.28. The third kappa shape index (κ3) is 4.19. The predicted molar refractivity (Wildman–Crippen MR) is 99.4 cm³/mol. The highest BCUT2D eigenvalue weighted by molar-refractivity contribution is 7.89. The minimum atomic E-state index is -3.68. The van der Waals surface area contributed by atoms with Gasteiger partial charge in [-0.15, -0.1) is 0 Å². The Morgan fingerprint density at radius 3 is 2.31 bits per heavy atom. The molecule has 0 radical (unpaired) electrons. The highest BCUT2D eigenvalue weighted by Crippen LogP contribution is 2.26. The maximum atomic E-state index is 12.8. The molecule has 7 nitrogen and oxygen atoms in total. The number of nitrogens with two attached hydrogens (primary N) is 1. The third-order valence-corrected chi connectivity index (χ3v) is 7.07. The molecule has 1 aliphatic rings. The molecule has 0 aromatic heterocycles. The molecule has 1 saturated heterocycles. The molecule has 26 heavy (non-hydrogen) atoms. The van der Waals surface area contributed by atoms with Crippen molar-refractivity contribution < 1.29 is 18.0 Å². The number of primary amides is 1. The van der Waals surface area contributed by atoms with E-state index >= 15 is 0 Å². The van der Waals surface area contributed by atoms with Crippen LogP contribution < -0.4 is 5.73 Å². The van der Waals surface area contributed by atoms with Crippen LogP contribution in [-0.4, -0.2) is 55.6 Å². The third-order valence-electron chi connectivity index (χ3n) is 4.70. The minimum absolute atomic E-state index is 0.0426. The van der Waals surface area contributed by atoms with Crippen LogP contribution in [0, 0.1) is 5.92 Å². The fourth-order valence-electron chi connectivity index (χ4n) is 3.08. The van der Waals surface area contributed by atoms with Crippen LogP contribution in [0.3, 0.4) is 0 Å². The molecular weight excluding hydrogens is 378 g/mol. The van der Waals surface area contributed by atoms with E-state index in [1.807, 2.05) is 0 Å². The van der Waals surface area contributed by atoms with Gasteiger partial charge in [-0.1, -0.05) is 25.4 Å². The zero-order valence-electron chi connectivity index (χ0n) is 14.9. The molecule has 1 aliphatic heterocycles. The molecule has 1 heterocycles. The van der Waals surface area contributed by atoms with Crippen LogP contribution in [-0.2, 0) is 14.8 Å². The van der Waals surface area contributed by atoms with Crippen molar-refractivity contribution in [1.82, 2.24) is 9.21 Å². The van der Waals surface area contributed by atoms with E-state index in [1.54, 1.807) is 18.7 Å². The lowest BCUT2D eigenvalue weighted by Gasteiger charge is -2.31. The lowest BCUT2D eigenvalue weighted by Crippen LogP contribution is -2.41. The highest BCUT2D eigenvalue weighted by Gasteiger charge is 2.29. The Kier molecular flexibility index (Phi) is 6.65. The van der Waals surface area contributed by atoms with E-state index < -0.39 is 10.0 Å². The molecule has 9 heteroatoms. The molecule has 2 N–H and O–H groups in total. The van der Waals surface area contributed by atoms with Gasteiger partial charge < -0.3 is 10.6 Å². The van der Waals surface area contributed by atoms with Crippen molar-refractivity contribution in [2.75, 3.05) is 26.2 Å². The molecular formula is C17H24ClN3O4S. The van der Waals surface area contributed by atoms with Gasteiger partial charge in [0.25, 0.3) is 5.91 Å². The summed E-state index contributed by atoms with van der Waals surface area (Å²) in [6.45, 7) is 4.96. The minimum Gasteiger partial charge on any atom is -0.369 e. The number of carbonyl (C=O) groups is 2. The molecule has 1 fully saturated rings. The number of sulfonamides is 1. The van der Waals surface area contributed by atoms with Crippen molar-refractivity contribution >= 4 is 33.4 Å². The van der Waals surface area contributed by atoms with Gasteiger partial charge in [-0.3, -0.25) is 9.59 Å². The van der Waals surface area contributed by atoms with Crippen molar-refractivity contribution in [3.63, 3.8) is 0 Å². The zero-order chi connectivity index (χ0) is 19.5. The number of hydrogen-bond donors (Lipinski definition) is 1. The predicted octanol–water partition coefficient (Wildman–Crippen LogP) is 1.71. The largest absolute Gasteiger partial charge is 0.369 e. The number of nitrogens with zero attached hydrogens (tertiary/aromatic N) is 2. The van der Waals surface area contributed by atoms with Gasteiger partial charge in [-0.2, -0.15) is 4.31 Å². The first-order valence-electron chi connectivity index (χ1n) is 8.60. The summed E-state index contributed by atoms with van der Waals surface area (Å²) in [6.07, 6.45) is 0.992. The number of halogens is 1. The number of piperidine rings is 1. The molecule has 2 amide bonds. The van der Waals surface area contributed by atoms with Crippen LogP contribution >= 0.6 is 11.6 Å². The maximum absolute atomic E-state index is 12.8. The van der Waals surface area contributed by atoms with Gasteiger partial charge in [-0.05, 0) is 31.0 Å². The summed E-state index contributed by atoms with van der Waals surface area (Å²) in [5.41, 5.74) is 5.46. The van der Waals surface area contributed by atoms with E-state index in [1.165, 1.54) is 22.5 Å². The fourth-order valence-corrected chi connectivity index (χ4v) is 4.76. The van der Waals surface area contributed by atoms with Gasteiger partial charge in [0.1, 0.15) is 0 Å². The van der Waals surface area contributed by atoms with Crippen LogP contribution in [0.15, 0.2) is 23.1 Å². The zero-order valence-corrected chi connectivity index (χ0v) is 16.5. The average Bonchev–Trinajstić information content (AvgIpc) is 2.62. The monoisotopic (exact) mass is 401 g/mol. The first-order valence-corrected chi connectivity index (χ1v) is 10.4. The van der Waals surface area contributed by atoms with Gasteiger partial charge in [0.2, 0.25) is 15.9 Å². The van der Waals surface area contributed by atoms with Crippen LogP contribution in [0.1, 0.15) is 37.0 Å². The van der Waals surface area contributed by atoms with Crippen LogP contribution in [0.2, 0.25) is 5.02 Å². The summed E-state index contributed by atoms with van der Waals surface area (Å²) in [7, 11) is -3.68. The van der Waals surface area contributed by atoms with Crippen molar-refractivity contribution in [1.29, 1.82) is 0 Å². The SMILES string of the molecule is CCN(CC)S(=O)(=O)c1ccc(Cl)c(C(=O)N2CCC(C(N)=O)CC2)c1. The molecule has 0 saturated carbocycles. The number of hydrogen-bond acceptors (Lipinski definition) is 4. The molecule has 1 aromatic rings. The van der Waals surface area contributed by atoms with Crippen LogP contribution in [0.25, 0.3) is 0 Å². The Morgan fingerprint density at radius 1 is 1.23 bits per heavy atom. The van der Waals surface area contributed by atoms with E-state index in [-0.39, 0.29) is 33.2 Å². The number of amides is 2. The summed E-state index contributed by atoms with van der Waals surface area (Å²) >= 11 is 6.16. The first-order chi connectivity index (χ1) is 12.2. The molecule has 0 aliphatic carbocycles. The summed E-state index contributed by atoms with van der Waals surface area (Å²) in [4.78, 5) is 25.7. The van der Waals surface area contributed by atoms with Crippen molar-refractivity contribution in [3.8, 4) is 0 Å². The second-order valence-corrected chi connectivity index (χ2v) is 8.54. The maximum Gasteiger partial charge on any atom is 0.255 e. The second kappa shape index (κ2) is 8.37. The molecule has 2 rings (SSSR count). The Morgan fingerprint density at radius 2 is 1.81 bits per heavy atom. The summed E-state index contributed by atoms with van der Waals surface area (Å²) < 4.78 is 26.7.